The van der Waals surface area contributed by atoms with Crippen molar-refractivity contribution in [1.29, 1.82) is 0 Å². The van der Waals surface area contributed by atoms with Crippen LogP contribution >= 0.6 is 0 Å². The molecule has 204 valence electrons. The summed E-state index contributed by atoms with van der Waals surface area (Å²) in [5.41, 5.74) is 0. The molecule has 0 aromatic rings. The Kier molecular flexibility index (Phi) is 30.8. The Hall–Kier alpha value is -1.55. The van der Waals surface area contributed by atoms with Gasteiger partial charge in [-0.15, -0.1) is 0 Å². The minimum Gasteiger partial charge on any atom is -0.549 e. The van der Waals surface area contributed by atoms with Gasteiger partial charge in [0.1, 0.15) is 12.1 Å². The third-order valence-electron chi connectivity index (χ3n) is 4.04. The summed E-state index contributed by atoms with van der Waals surface area (Å²) in [7, 11) is 0. The van der Waals surface area contributed by atoms with E-state index in [1.54, 1.807) is 0 Å². The third-order valence-corrected chi connectivity index (χ3v) is 4.04. The van der Waals surface area contributed by atoms with Crippen LogP contribution in [-0.4, -0.2) is 139 Å². The normalized spacial score (nSPS) is 11.1. The molecule has 0 bridgehead atoms. The largest absolute Gasteiger partial charge is 2.00 e. The molecule has 0 saturated carbocycles. The van der Waals surface area contributed by atoms with E-state index in [0.29, 0.717) is 9.80 Å². The van der Waals surface area contributed by atoms with Crippen molar-refractivity contribution in [2.45, 2.75) is 37.8 Å². The van der Waals surface area contributed by atoms with Gasteiger partial charge in [-0.1, -0.05) is 0 Å². The van der Waals surface area contributed by atoms with Crippen LogP contribution in [0.2, 0.25) is 0 Å². The molecule has 18 nitrogen and oxygen atoms in total. The van der Waals surface area contributed by atoms with Gasteiger partial charge >= 0.3 is 106 Å². The van der Waals surface area contributed by atoms with Crippen LogP contribution in [-0.2, 0) is 38.4 Å². The van der Waals surface area contributed by atoms with E-state index < -0.39 is 112 Å². The van der Waals surface area contributed by atoms with Crippen molar-refractivity contribution in [2.24, 2.45) is 0 Å². The monoisotopic (exact) mass is 592 g/mol. The molecule has 4 N–H and O–H groups in total. The predicted molar refractivity (Wildman–Crippen MR) is 106 cm³/mol. The first kappa shape index (κ1) is 47.2. The van der Waals surface area contributed by atoms with Gasteiger partial charge in [-0.05, 0) is 12.8 Å². The van der Waals surface area contributed by atoms with Gasteiger partial charge in [0.25, 0.3) is 0 Å². The number of rotatable bonds is 18. The molecule has 0 aliphatic heterocycles. The van der Waals surface area contributed by atoms with Gasteiger partial charge in [0.05, 0.1) is 23.9 Å². The maximum absolute atomic E-state index is 10.9. The van der Waals surface area contributed by atoms with Gasteiger partial charge in [0.15, 0.2) is 0 Å². The summed E-state index contributed by atoms with van der Waals surface area (Å²) in [6, 6.07) is -3.09. The Labute approximate surface area is 280 Å². The fourth-order valence-corrected chi connectivity index (χ4v) is 2.66. The van der Waals surface area contributed by atoms with Crippen molar-refractivity contribution in [2.75, 3.05) is 26.2 Å². The summed E-state index contributed by atoms with van der Waals surface area (Å²) in [6.45, 7) is -3.76. The zero-order valence-corrected chi connectivity index (χ0v) is 26.5. The zero-order valence-electron chi connectivity index (χ0n) is 21.1. The third kappa shape index (κ3) is 26.4. The van der Waals surface area contributed by atoms with Crippen LogP contribution in [0.1, 0.15) is 25.7 Å². The number of hydrogen-bond acceptors (Lipinski definition) is 14. The number of carboxylic acids is 8. The van der Waals surface area contributed by atoms with Crippen molar-refractivity contribution >= 4 is 70.8 Å². The van der Waals surface area contributed by atoms with Gasteiger partial charge in [0, 0.05) is 39.0 Å². The summed E-state index contributed by atoms with van der Waals surface area (Å²) in [5.74, 6) is -12.3. The van der Waals surface area contributed by atoms with Crippen LogP contribution in [0.15, 0.2) is 0 Å². The molecule has 0 aromatic carbocycles. The van der Waals surface area contributed by atoms with E-state index in [2.05, 4.69) is 0 Å². The Morgan fingerprint density at radius 2 is 0.718 bits per heavy atom. The van der Waals surface area contributed by atoms with Gasteiger partial charge in [0.2, 0.25) is 0 Å². The number of carboxylic acid groups (broad SMARTS) is 8. The SMILES string of the molecule is O=C([O-])CN(CC(=O)[O-])[C@@H](CCC(=O)O)C(=O)O.O=C([O-])CN(CC(=O)[O-])[C@@H](CCC(=O)O)C(=O)O.[Mg+2].[Na+].[Na+]. The average molecular weight is 593 g/mol. The van der Waals surface area contributed by atoms with E-state index in [1.165, 1.54) is 0 Å². The molecular weight excluding hydrogens is 570 g/mol. The van der Waals surface area contributed by atoms with E-state index in [-0.39, 0.29) is 82.2 Å². The second-order valence-electron chi connectivity index (χ2n) is 6.87. The Balaban J connectivity index is -0.000000183. The molecule has 0 radical (unpaired) electrons. The van der Waals surface area contributed by atoms with E-state index in [0.717, 1.165) is 0 Å². The van der Waals surface area contributed by atoms with Crippen LogP contribution in [0.25, 0.3) is 0 Å². The van der Waals surface area contributed by atoms with E-state index >= 15 is 0 Å². The molecule has 0 fully saturated rings. The topological polar surface area (TPSA) is 316 Å². The predicted octanol–water partition coefficient (Wildman–Crippen LogP) is -14.2. The molecule has 0 aliphatic rings. The minimum absolute atomic E-state index is 0. The van der Waals surface area contributed by atoms with Gasteiger partial charge < -0.3 is 60.0 Å². The first-order valence-electron chi connectivity index (χ1n) is 9.64. The van der Waals surface area contributed by atoms with Crippen molar-refractivity contribution in [3.8, 4) is 0 Å². The van der Waals surface area contributed by atoms with Crippen molar-refractivity contribution in [1.82, 2.24) is 9.80 Å². The Morgan fingerprint density at radius 1 is 0.513 bits per heavy atom. The minimum atomic E-state index is -1.67. The number of aliphatic carboxylic acids is 8. The standard InChI is InChI=1S/2C9H13NO8.Mg.2Na/c2*11-6(12)2-1-5(9(17)18)10(3-7(13)14)4-8(15)16;;;/h2*5H,1-4H2,(H,11,12)(H,13,14)(H,15,16)(H,17,18);;;/q;;+2;2*+1/p-4/t2*5-;;;/m00.../s1. The number of nitrogens with zero attached hydrogens (tertiary/aromatic N) is 2. The molecule has 0 heterocycles. The molecule has 0 spiro atoms. The number of carbonyl (C=O) groups is 8. The number of hydrogen-bond donors (Lipinski definition) is 4. The maximum atomic E-state index is 10.9. The fourth-order valence-electron chi connectivity index (χ4n) is 2.66. The molecule has 2 atom stereocenters. The molecule has 0 saturated heterocycles. The van der Waals surface area contributed by atoms with Crippen LogP contribution in [0.5, 0.6) is 0 Å². The summed E-state index contributed by atoms with van der Waals surface area (Å²) in [4.78, 5) is 85.0. The van der Waals surface area contributed by atoms with Crippen LogP contribution < -0.4 is 79.5 Å². The first-order chi connectivity index (χ1) is 16.5. The summed E-state index contributed by atoms with van der Waals surface area (Å²) >= 11 is 0. The molecule has 0 amide bonds. The van der Waals surface area contributed by atoms with Gasteiger partial charge in [-0.25, -0.2) is 0 Å². The maximum Gasteiger partial charge on any atom is 2.00 e. The van der Waals surface area contributed by atoms with E-state index in [4.69, 9.17) is 20.4 Å². The van der Waals surface area contributed by atoms with E-state index in [1.807, 2.05) is 0 Å². The first-order valence-corrected chi connectivity index (χ1v) is 9.64. The summed E-state index contributed by atoms with van der Waals surface area (Å²) in [5, 5.41) is 76.0. The van der Waals surface area contributed by atoms with Crippen molar-refractivity contribution in [3.63, 3.8) is 0 Å². The van der Waals surface area contributed by atoms with Crippen LogP contribution in [0.3, 0.4) is 0 Å². The van der Waals surface area contributed by atoms with E-state index in [9.17, 15) is 58.8 Å². The Bertz CT molecular complexity index is 759. The molecule has 0 aromatic heterocycles. The zero-order chi connectivity index (χ0) is 28.6. The van der Waals surface area contributed by atoms with Crippen molar-refractivity contribution in [3.05, 3.63) is 0 Å². The number of carbonyl (C=O) groups excluding carboxylic acids is 4. The molecular formula is C18H22MgN2Na2O16. The fraction of sp³-hybridized carbons (Fsp3) is 0.556. The summed E-state index contributed by atoms with van der Waals surface area (Å²) < 4.78 is 0. The Morgan fingerprint density at radius 3 is 0.846 bits per heavy atom. The molecule has 0 unspecified atom stereocenters. The molecule has 21 heteroatoms. The average Bonchev–Trinajstić information content (AvgIpc) is 2.65. The second-order valence-corrected chi connectivity index (χ2v) is 6.87. The summed E-state index contributed by atoms with van der Waals surface area (Å²) in [6.07, 6.45) is -1.92. The van der Waals surface area contributed by atoms with Crippen molar-refractivity contribution < 1.29 is 138 Å². The second kappa shape index (κ2) is 25.4. The van der Waals surface area contributed by atoms with Crippen LogP contribution in [0.4, 0.5) is 0 Å². The smallest absolute Gasteiger partial charge is 0.549 e. The quantitative estimate of drug-likeness (QED) is 0.107. The van der Waals surface area contributed by atoms with Crippen LogP contribution in [0, 0.1) is 0 Å². The van der Waals surface area contributed by atoms with Gasteiger partial charge in [-0.2, -0.15) is 0 Å². The molecule has 0 rings (SSSR count). The van der Waals surface area contributed by atoms with Gasteiger partial charge in [-0.3, -0.25) is 29.0 Å². The molecule has 39 heavy (non-hydrogen) atoms. The molecule has 0 aliphatic carbocycles.